The van der Waals surface area contributed by atoms with E-state index in [1.807, 2.05) is 24.3 Å². The van der Waals surface area contributed by atoms with Gasteiger partial charge in [-0.15, -0.1) is 0 Å². The van der Waals surface area contributed by atoms with Crippen LogP contribution in [0, 0.1) is 17.6 Å². The molecule has 0 saturated carbocycles. The quantitative estimate of drug-likeness (QED) is 0.532. The number of hydrogen-bond acceptors (Lipinski definition) is 3. The van der Waals surface area contributed by atoms with E-state index in [0.29, 0.717) is 29.8 Å². The molecule has 3 aromatic carbocycles. The Kier molecular flexibility index (Phi) is 6.00. The van der Waals surface area contributed by atoms with E-state index in [9.17, 15) is 18.7 Å². The lowest BCUT2D eigenvalue weighted by Gasteiger charge is -2.48. The van der Waals surface area contributed by atoms with Crippen LogP contribution in [0.3, 0.4) is 0 Å². The molecular weight excluding hydrogens is 400 g/mol. The zero-order valence-electron chi connectivity index (χ0n) is 17.0. The van der Waals surface area contributed by atoms with E-state index in [1.165, 1.54) is 24.3 Å². The maximum absolute atomic E-state index is 13.4. The first kappa shape index (κ1) is 21.0. The zero-order chi connectivity index (χ0) is 22.0. The maximum atomic E-state index is 13.4. The molecule has 0 radical (unpaired) electrons. The molecule has 6 heteroatoms. The molecule has 1 heterocycles. The van der Waals surface area contributed by atoms with Crippen molar-refractivity contribution in [2.24, 2.45) is 5.92 Å². The lowest BCUT2D eigenvalue weighted by atomic mass is 9.78. The molecule has 0 aliphatic carbocycles. The highest BCUT2D eigenvalue weighted by Gasteiger charge is 2.48. The number of rotatable bonds is 7. The Morgan fingerprint density at radius 2 is 1.52 bits per heavy atom. The third-order valence-corrected chi connectivity index (χ3v) is 5.78. The Morgan fingerprint density at radius 3 is 2.10 bits per heavy atom. The number of methoxy groups -OCH3 is 1. The number of β-lactam (4-membered cyclic amide) rings is 1. The maximum Gasteiger partial charge on any atom is 0.233 e. The first-order chi connectivity index (χ1) is 15.0. The highest BCUT2D eigenvalue weighted by atomic mass is 19.1. The second-order valence-electron chi connectivity index (χ2n) is 7.65. The van der Waals surface area contributed by atoms with Crippen molar-refractivity contribution < 1.29 is 23.4 Å². The molecular formula is C25H23F2NO3. The molecule has 3 aromatic rings. The molecule has 160 valence electrons. The smallest absolute Gasteiger partial charge is 0.233 e. The van der Waals surface area contributed by atoms with E-state index in [4.69, 9.17) is 4.74 Å². The number of carbonyl (C=O) groups excluding carboxylic acids is 1. The molecule has 0 aromatic heterocycles. The summed E-state index contributed by atoms with van der Waals surface area (Å²) in [7, 11) is 1.59. The number of aliphatic hydroxyl groups is 1. The van der Waals surface area contributed by atoms with Crippen LogP contribution >= 0.6 is 0 Å². The molecule has 0 bridgehead atoms. The van der Waals surface area contributed by atoms with Crippen molar-refractivity contribution in [3.63, 3.8) is 0 Å². The normalized spacial score (nSPS) is 19.1. The van der Waals surface area contributed by atoms with Crippen LogP contribution < -0.4 is 9.64 Å². The third-order valence-electron chi connectivity index (χ3n) is 5.78. The van der Waals surface area contributed by atoms with Crippen molar-refractivity contribution in [1.29, 1.82) is 0 Å². The van der Waals surface area contributed by atoms with Crippen LogP contribution in [0.2, 0.25) is 0 Å². The summed E-state index contributed by atoms with van der Waals surface area (Å²) in [6.45, 7) is 0. The standard InChI is InChI=1S/C25H23F2NO3/c1-31-21-12-4-17(5-13-21)24-22(14-15-23(29)16-2-6-18(26)7-3-16)25(30)28(24)20-10-8-19(27)9-11-20/h2-13,22-24,29H,14-15H2,1H3/t22-,23+,24-/m1/s1. The molecule has 0 spiro atoms. The van der Waals surface area contributed by atoms with Gasteiger partial charge in [0.2, 0.25) is 5.91 Å². The zero-order valence-corrected chi connectivity index (χ0v) is 17.0. The predicted molar refractivity (Wildman–Crippen MR) is 114 cm³/mol. The van der Waals surface area contributed by atoms with Gasteiger partial charge in [0.1, 0.15) is 17.4 Å². The molecule has 3 atom stereocenters. The first-order valence-corrected chi connectivity index (χ1v) is 10.1. The Morgan fingerprint density at radius 1 is 0.935 bits per heavy atom. The number of benzene rings is 3. The summed E-state index contributed by atoms with van der Waals surface area (Å²) in [6, 6.07) is 18.8. The van der Waals surface area contributed by atoms with Gasteiger partial charge in [0, 0.05) is 5.69 Å². The van der Waals surface area contributed by atoms with Crippen LogP contribution in [0.25, 0.3) is 0 Å². The summed E-state index contributed by atoms with van der Waals surface area (Å²) in [5.41, 5.74) is 2.18. The van der Waals surface area contributed by atoms with Crippen LogP contribution in [0.1, 0.15) is 36.1 Å². The Balaban J connectivity index is 1.55. The number of ether oxygens (including phenoxy) is 1. The van der Waals surface area contributed by atoms with Gasteiger partial charge in [-0.1, -0.05) is 24.3 Å². The van der Waals surface area contributed by atoms with Gasteiger partial charge >= 0.3 is 0 Å². The number of anilines is 1. The van der Waals surface area contributed by atoms with Crippen molar-refractivity contribution in [2.75, 3.05) is 12.0 Å². The van der Waals surface area contributed by atoms with Gasteiger partial charge in [-0.05, 0) is 72.5 Å². The third kappa shape index (κ3) is 4.30. The van der Waals surface area contributed by atoms with Crippen LogP contribution in [0.4, 0.5) is 14.5 Å². The summed E-state index contributed by atoms with van der Waals surface area (Å²) in [4.78, 5) is 14.7. The highest BCUT2D eigenvalue weighted by molar-refractivity contribution is 6.03. The number of halogens is 2. The van der Waals surface area contributed by atoms with Crippen molar-refractivity contribution in [3.05, 3.63) is 95.6 Å². The summed E-state index contributed by atoms with van der Waals surface area (Å²) in [5.74, 6) is -0.408. The molecule has 1 fully saturated rings. The summed E-state index contributed by atoms with van der Waals surface area (Å²) in [6.07, 6.45) is 0.0438. The van der Waals surface area contributed by atoms with E-state index < -0.39 is 6.10 Å². The molecule has 1 amide bonds. The Hall–Kier alpha value is -3.25. The lowest BCUT2D eigenvalue weighted by Crippen LogP contribution is -2.55. The van der Waals surface area contributed by atoms with Crippen molar-refractivity contribution >= 4 is 11.6 Å². The molecule has 0 unspecified atom stereocenters. The molecule has 4 nitrogen and oxygen atoms in total. The largest absolute Gasteiger partial charge is 0.497 e. The van der Waals surface area contributed by atoms with E-state index in [2.05, 4.69) is 0 Å². The van der Waals surface area contributed by atoms with E-state index in [0.717, 1.165) is 5.56 Å². The Labute approximate surface area is 179 Å². The van der Waals surface area contributed by atoms with Gasteiger partial charge in [-0.2, -0.15) is 0 Å². The monoisotopic (exact) mass is 423 g/mol. The fourth-order valence-corrected chi connectivity index (χ4v) is 4.09. The number of carbonyl (C=O) groups is 1. The fraction of sp³-hybridized carbons (Fsp3) is 0.240. The van der Waals surface area contributed by atoms with Gasteiger partial charge in [-0.3, -0.25) is 4.79 Å². The number of aliphatic hydroxyl groups excluding tert-OH is 1. The average molecular weight is 423 g/mol. The van der Waals surface area contributed by atoms with Gasteiger partial charge in [0.25, 0.3) is 0 Å². The highest BCUT2D eigenvalue weighted by Crippen LogP contribution is 2.46. The lowest BCUT2D eigenvalue weighted by molar-refractivity contribution is -0.131. The minimum absolute atomic E-state index is 0.0706. The molecule has 1 aliphatic rings. The van der Waals surface area contributed by atoms with Crippen LogP contribution in [0.15, 0.2) is 72.8 Å². The number of amides is 1. The molecule has 1 saturated heterocycles. The topological polar surface area (TPSA) is 49.8 Å². The second kappa shape index (κ2) is 8.86. The van der Waals surface area contributed by atoms with Crippen molar-refractivity contribution in [1.82, 2.24) is 0 Å². The fourth-order valence-electron chi connectivity index (χ4n) is 4.09. The van der Waals surface area contributed by atoms with Gasteiger partial charge in [-0.25, -0.2) is 8.78 Å². The van der Waals surface area contributed by atoms with E-state index in [-0.39, 0.29) is 29.5 Å². The summed E-state index contributed by atoms with van der Waals surface area (Å²) >= 11 is 0. The van der Waals surface area contributed by atoms with Gasteiger partial charge in [0.05, 0.1) is 25.2 Å². The molecule has 1 aliphatic heterocycles. The first-order valence-electron chi connectivity index (χ1n) is 10.1. The predicted octanol–water partition coefficient (Wildman–Crippen LogP) is 5.19. The minimum atomic E-state index is -0.787. The molecule has 31 heavy (non-hydrogen) atoms. The van der Waals surface area contributed by atoms with Crippen LogP contribution in [-0.4, -0.2) is 18.1 Å². The second-order valence-corrected chi connectivity index (χ2v) is 7.65. The van der Waals surface area contributed by atoms with Gasteiger partial charge in [0.15, 0.2) is 0 Å². The number of hydrogen-bond donors (Lipinski definition) is 1. The van der Waals surface area contributed by atoms with Crippen molar-refractivity contribution in [3.8, 4) is 5.75 Å². The van der Waals surface area contributed by atoms with Gasteiger partial charge < -0.3 is 14.7 Å². The molecule has 4 rings (SSSR count). The summed E-state index contributed by atoms with van der Waals surface area (Å²) in [5, 5.41) is 10.5. The molecule has 1 N–H and O–H groups in total. The Bertz CT molecular complexity index is 1040. The summed E-state index contributed by atoms with van der Waals surface area (Å²) < 4.78 is 31.7. The minimum Gasteiger partial charge on any atom is -0.497 e. The SMILES string of the molecule is COc1ccc([C@@H]2[C@@H](CC[C@H](O)c3ccc(F)cc3)C(=O)N2c2ccc(F)cc2)cc1. The van der Waals surface area contributed by atoms with Crippen LogP contribution in [0.5, 0.6) is 5.75 Å². The van der Waals surface area contributed by atoms with E-state index in [1.54, 1.807) is 36.3 Å². The van der Waals surface area contributed by atoms with Crippen LogP contribution in [-0.2, 0) is 4.79 Å². The average Bonchev–Trinajstić information content (AvgIpc) is 2.79. The van der Waals surface area contributed by atoms with E-state index >= 15 is 0 Å². The van der Waals surface area contributed by atoms with Crippen molar-refractivity contribution in [2.45, 2.75) is 25.0 Å². The number of nitrogens with zero attached hydrogens (tertiary/aromatic N) is 1.